The SMILES string of the molecule is CCCC(=O)Nc1cccc(CN=C(N)NC2CCCCC2)c1.I. The molecule has 0 bridgehead atoms. The Morgan fingerprint density at radius 2 is 2.04 bits per heavy atom. The van der Waals surface area contributed by atoms with Gasteiger partial charge in [0.2, 0.25) is 5.91 Å². The normalized spacial score (nSPS) is 15.5. The second kappa shape index (κ2) is 11.3. The van der Waals surface area contributed by atoms with E-state index in [0.29, 0.717) is 25.0 Å². The summed E-state index contributed by atoms with van der Waals surface area (Å²) < 4.78 is 0. The van der Waals surface area contributed by atoms with Crippen molar-refractivity contribution in [3.63, 3.8) is 0 Å². The molecule has 0 heterocycles. The highest BCUT2D eigenvalue weighted by Crippen LogP contribution is 2.17. The standard InChI is InChI=1S/C18H28N4O.HI/c1-2-7-17(23)21-16-11-6-8-14(12-16)13-20-18(19)22-15-9-4-3-5-10-15;/h6,8,11-12,15H,2-5,7,9-10,13H2,1H3,(H,21,23)(H3,19,20,22);1H. The van der Waals surface area contributed by atoms with Crippen LogP contribution < -0.4 is 16.4 Å². The fraction of sp³-hybridized carbons (Fsp3) is 0.556. The van der Waals surface area contributed by atoms with Gasteiger partial charge in [0.1, 0.15) is 0 Å². The topological polar surface area (TPSA) is 79.5 Å². The molecule has 4 N–H and O–H groups in total. The van der Waals surface area contributed by atoms with Crippen molar-refractivity contribution in [2.24, 2.45) is 10.7 Å². The predicted molar refractivity (Wildman–Crippen MR) is 111 cm³/mol. The first-order valence-corrected chi connectivity index (χ1v) is 8.62. The second-order valence-corrected chi connectivity index (χ2v) is 6.18. The van der Waals surface area contributed by atoms with Crippen LogP contribution >= 0.6 is 24.0 Å². The van der Waals surface area contributed by atoms with Crippen molar-refractivity contribution in [2.45, 2.75) is 64.5 Å². The lowest BCUT2D eigenvalue weighted by molar-refractivity contribution is -0.116. The third-order valence-electron chi connectivity index (χ3n) is 4.08. The van der Waals surface area contributed by atoms with Crippen molar-refractivity contribution in [1.29, 1.82) is 0 Å². The number of carbonyl (C=O) groups excluding carboxylic acids is 1. The van der Waals surface area contributed by atoms with Crippen molar-refractivity contribution in [2.75, 3.05) is 5.32 Å². The summed E-state index contributed by atoms with van der Waals surface area (Å²) in [5, 5.41) is 6.21. The molecule has 134 valence electrons. The van der Waals surface area contributed by atoms with Gasteiger partial charge in [-0.1, -0.05) is 38.3 Å². The van der Waals surface area contributed by atoms with E-state index in [-0.39, 0.29) is 29.9 Å². The van der Waals surface area contributed by atoms with Crippen LogP contribution in [0.25, 0.3) is 0 Å². The number of hydrogen-bond acceptors (Lipinski definition) is 2. The van der Waals surface area contributed by atoms with Gasteiger partial charge in [-0.2, -0.15) is 0 Å². The lowest BCUT2D eigenvalue weighted by Gasteiger charge is -2.23. The summed E-state index contributed by atoms with van der Waals surface area (Å²) in [6.45, 7) is 2.51. The van der Waals surface area contributed by atoms with E-state index >= 15 is 0 Å². The van der Waals surface area contributed by atoms with Crippen LogP contribution in [0.15, 0.2) is 29.3 Å². The summed E-state index contributed by atoms with van der Waals surface area (Å²) >= 11 is 0. The van der Waals surface area contributed by atoms with E-state index in [1.54, 1.807) is 0 Å². The van der Waals surface area contributed by atoms with Crippen LogP contribution in [0.2, 0.25) is 0 Å². The van der Waals surface area contributed by atoms with E-state index < -0.39 is 0 Å². The molecule has 0 unspecified atom stereocenters. The zero-order valence-electron chi connectivity index (χ0n) is 14.4. The minimum atomic E-state index is 0. The number of nitrogens with zero attached hydrogens (tertiary/aromatic N) is 1. The van der Waals surface area contributed by atoms with Crippen LogP contribution in [0.5, 0.6) is 0 Å². The molecule has 0 atom stereocenters. The third-order valence-corrected chi connectivity index (χ3v) is 4.08. The second-order valence-electron chi connectivity index (χ2n) is 6.18. The Morgan fingerprint density at radius 3 is 2.75 bits per heavy atom. The lowest BCUT2D eigenvalue weighted by Crippen LogP contribution is -2.41. The fourth-order valence-corrected chi connectivity index (χ4v) is 2.88. The van der Waals surface area contributed by atoms with Gasteiger partial charge in [0.15, 0.2) is 5.96 Å². The summed E-state index contributed by atoms with van der Waals surface area (Å²) in [6.07, 6.45) is 7.60. The largest absolute Gasteiger partial charge is 0.370 e. The number of nitrogens with two attached hydrogens (primary N) is 1. The van der Waals surface area contributed by atoms with Gasteiger partial charge in [-0.3, -0.25) is 4.79 Å². The summed E-state index contributed by atoms with van der Waals surface area (Å²) in [5.41, 5.74) is 7.83. The van der Waals surface area contributed by atoms with Crippen molar-refractivity contribution in [3.05, 3.63) is 29.8 Å². The molecule has 1 aromatic rings. The summed E-state index contributed by atoms with van der Waals surface area (Å²) in [6, 6.07) is 8.23. The molecule has 0 aliphatic heterocycles. The van der Waals surface area contributed by atoms with Crippen LogP contribution in [0.4, 0.5) is 5.69 Å². The van der Waals surface area contributed by atoms with Gasteiger partial charge in [-0.25, -0.2) is 4.99 Å². The molecule has 24 heavy (non-hydrogen) atoms. The minimum absolute atomic E-state index is 0. The molecule has 0 spiro atoms. The Kier molecular flexibility index (Phi) is 9.75. The Hall–Kier alpha value is -1.31. The fourth-order valence-electron chi connectivity index (χ4n) is 2.88. The molecule has 1 fully saturated rings. The van der Waals surface area contributed by atoms with E-state index in [1.165, 1.54) is 32.1 Å². The van der Waals surface area contributed by atoms with Crippen molar-refractivity contribution >= 4 is 41.5 Å². The van der Waals surface area contributed by atoms with Gasteiger partial charge < -0.3 is 16.4 Å². The quantitative estimate of drug-likeness (QED) is 0.355. The third kappa shape index (κ3) is 7.51. The molecule has 1 amide bonds. The minimum Gasteiger partial charge on any atom is -0.370 e. The van der Waals surface area contributed by atoms with E-state index in [1.807, 2.05) is 31.2 Å². The number of hydrogen-bond donors (Lipinski definition) is 3. The Balaban J connectivity index is 0.00000288. The first kappa shape index (κ1) is 20.7. The summed E-state index contributed by atoms with van der Waals surface area (Å²) in [5.74, 6) is 0.559. The Morgan fingerprint density at radius 1 is 1.29 bits per heavy atom. The van der Waals surface area contributed by atoms with Gasteiger partial charge >= 0.3 is 0 Å². The highest BCUT2D eigenvalue weighted by molar-refractivity contribution is 14.0. The monoisotopic (exact) mass is 444 g/mol. The summed E-state index contributed by atoms with van der Waals surface area (Å²) in [7, 11) is 0. The number of rotatable bonds is 6. The van der Waals surface area contributed by atoms with Crippen LogP contribution in [0.3, 0.4) is 0 Å². The van der Waals surface area contributed by atoms with Crippen molar-refractivity contribution in [3.8, 4) is 0 Å². The number of anilines is 1. The Bertz CT molecular complexity index is 542. The smallest absolute Gasteiger partial charge is 0.224 e. The average Bonchev–Trinajstić information content (AvgIpc) is 2.54. The van der Waals surface area contributed by atoms with Crippen molar-refractivity contribution < 1.29 is 4.79 Å². The molecular weight excluding hydrogens is 415 g/mol. The number of amides is 1. The maximum Gasteiger partial charge on any atom is 0.224 e. The lowest BCUT2D eigenvalue weighted by atomic mass is 9.96. The van der Waals surface area contributed by atoms with Crippen LogP contribution in [-0.4, -0.2) is 17.9 Å². The van der Waals surface area contributed by atoms with E-state index in [0.717, 1.165) is 17.7 Å². The summed E-state index contributed by atoms with van der Waals surface area (Å²) in [4.78, 5) is 16.1. The van der Waals surface area contributed by atoms with Gasteiger partial charge in [-0.05, 0) is 37.0 Å². The van der Waals surface area contributed by atoms with Gasteiger partial charge in [0.05, 0.1) is 6.54 Å². The predicted octanol–water partition coefficient (Wildman–Crippen LogP) is 3.78. The van der Waals surface area contributed by atoms with Crippen LogP contribution in [0.1, 0.15) is 57.4 Å². The maximum absolute atomic E-state index is 11.6. The van der Waals surface area contributed by atoms with E-state index in [4.69, 9.17) is 5.73 Å². The molecule has 0 radical (unpaired) electrons. The number of carbonyl (C=O) groups is 1. The molecular formula is C18H29IN4O. The molecule has 1 aromatic carbocycles. The number of halogens is 1. The maximum atomic E-state index is 11.6. The average molecular weight is 444 g/mol. The highest BCUT2D eigenvalue weighted by atomic mass is 127. The zero-order valence-corrected chi connectivity index (χ0v) is 16.7. The molecule has 0 saturated heterocycles. The Labute approximate surface area is 161 Å². The van der Waals surface area contributed by atoms with Crippen LogP contribution in [0, 0.1) is 0 Å². The van der Waals surface area contributed by atoms with Crippen molar-refractivity contribution in [1.82, 2.24) is 5.32 Å². The van der Waals surface area contributed by atoms with Gasteiger partial charge in [0, 0.05) is 18.2 Å². The first-order chi connectivity index (χ1) is 11.2. The molecule has 1 aliphatic rings. The van der Waals surface area contributed by atoms with E-state index in [2.05, 4.69) is 15.6 Å². The van der Waals surface area contributed by atoms with E-state index in [9.17, 15) is 4.79 Å². The van der Waals surface area contributed by atoms with Crippen LogP contribution in [-0.2, 0) is 11.3 Å². The number of aliphatic imine (C=N–C) groups is 1. The number of guanidine groups is 1. The molecule has 1 saturated carbocycles. The van der Waals surface area contributed by atoms with Gasteiger partial charge in [-0.15, -0.1) is 24.0 Å². The highest BCUT2D eigenvalue weighted by Gasteiger charge is 2.13. The first-order valence-electron chi connectivity index (χ1n) is 8.62. The zero-order chi connectivity index (χ0) is 16.5. The molecule has 0 aromatic heterocycles. The number of benzene rings is 1. The molecule has 5 nitrogen and oxygen atoms in total. The molecule has 6 heteroatoms. The molecule has 1 aliphatic carbocycles. The molecule has 2 rings (SSSR count). The number of nitrogens with one attached hydrogen (secondary N) is 2. The van der Waals surface area contributed by atoms with Gasteiger partial charge in [0.25, 0.3) is 0 Å².